The molecule has 0 unspecified atom stereocenters. The Kier molecular flexibility index (Phi) is 5.33. The molecule has 0 bridgehead atoms. The van der Waals surface area contributed by atoms with Gasteiger partial charge in [-0.05, 0) is 25.6 Å². The molecule has 1 N–H and O–H groups in total. The summed E-state index contributed by atoms with van der Waals surface area (Å²) in [7, 11) is 0. The Morgan fingerprint density at radius 2 is 1.71 bits per heavy atom. The lowest BCUT2D eigenvalue weighted by Crippen LogP contribution is -2.49. The van der Waals surface area contributed by atoms with Crippen molar-refractivity contribution in [3.63, 3.8) is 0 Å². The van der Waals surface area contributed by atoms with Crippen LogP contribution in [0.2, 0.25) is 0 Å². The third kappa shape index (κ3) is 4.56. The first kappa shape index (κ1) is 15.5. The van der Waals surface area contributed by atoms with Crippen LogP contribution in [0.4, 0.5) is 5.69 Å². The van der Waals surface area contributed by atoms with E-state index in [9.17, 15) is 9.59 Å². The fourth-order valence-corrected chi connectivity index (χ4v) is 2.40. The minimum atomic E-state index is -0.248. The van der Waals surface area contributed by atoms with Crippen molar-refractivity contribution >= 4 is 17.5 Å². The fraction of sp³-hybridized carbons (Fsp3) is 0.500. The maximum Gasteiger partial charge on any atom is 0.233 e. The second kappa shape index (κ2) is 7.22. The van der Waals surface area contributed by atoms with E-state index in [0.29, 0.717) is 13.1 Å². The van der Waals surface area contributed by atoms with Gasteiger partial charge in [0.2, 0.25) is 11.8 Å². The summed E-state index contributed by atoms with van der Waals surface area (Å²) in [6.45, 7) is 8.33. The molecule has 21 heavy (non-hydrogen) atoms. The highest BCUT2D eigenvalue weighted by Crippen LogP contribution is 2.10. The molecular formula is C16H23N3O2. The summed E-state index contributed by atoms with van der Waals surface area (Å²) < 4.78 is 0. The number of nitrogens with zero attached hydrogens (tertiary/aromatic N) is 2. The summed E-state index contributed by atoms with van der Waals surface area (Å²) >= 11 is 0. The van der Waals surface area contributed by atoms with Gasteiger partial charge in [0.05, 0.1) is 0 Å². The lowest BCUT2D eigenvalue weighted by Gasteiger charge is -2.33. The standard InChI is InChI=1S/C16H23N3O2/c1-3-18-8-10-19(11-9-18)16(21)12-15(20)17-14-6-4-13(2)5-7-14/h4-7H,3,8-12H2,1-2H3,(H,17,20). The molecule has 0 saturated carbocycles. The molecule has 1 fully saturated rings. The second-order valence-electron chi connectivity index (χ2n) is 5.41. The molecular weight excluding hydrogens is 266 g/mol. The van der Waals surface area contributed by atoms with Crippen LogP contribution in [0, 0.1) is 6.92 Å². The fourth-order valence-electron chi connectivity index (χ4n) is 2.40. The predicted molar refractivity (Wildman–Crippen MR) is 83.1 cm³/mol. The van der Waals surface area contributed by atoms with Crippen LogP contribution in [0.5, 0.6) is 0 Å². The summed E-state index contributed by atoms with van der Waals surface area (Å²) in [5, 5.41) is 2.76. The number of carbonyl (C=O) groups is 2. The summed E-state index contributed by atoms with van der Waals surface area (Å²) in [5.41, 5.74) is 1.87. The first-order valence-electron chi connectivity index (χ1n) is 7.45. The molecule has 1 aromatic rings. The summed E-state index contributed by atoms with van der Waals surface area (Å²) in [6.07, 6.45) is -0.0833. The van der Waals surface area contributed by atoms with Crippen LogP contribution in [0.3, 0.4) is 0 Å². The normalized spacial score (nSPS) is 15.8. The Morgan fingerprint density at radius 3 is 2.29 bits per heavy atom. The van der Waals surface area contributed by atoms with Crippen LogP contribution in [-0.2, 0) is 9.59 Å². The largest absolute Gasteiger partial charge is 0.340 e. The lowest BCUT2D eigenvalue weighted by atomic mass is 10.2. The number of carbonyl (C=O) groups excluding carboxylic acids is 2. The molecule has 2 rings (SSSR count). The average molecular weight is 289 g/mol. The van der Waals surface area contributed by atoms with E-state index in [0.717, 1.165) is 30.9 Å². The number of amides is 2. The Balaban J connectivity index is 1.79. The molecule has 0 spiro atoms. The zero-order valence-electron chi connectivity index (χ0n) is 12.8. The maximum absolute atomic E-state index is 12.1. The molecule has 1 heterocycles. The summed E-state index contributed by atoms with van der Waals surface area (Å²) in [5.74, 6) is -0.336. The molecule has 0 aromatic heterocycles. The molecule has 5 nitrogen and oxygen atoms in total. The van der Waals surface area contributed by atoms with E-state index >= 15 is 0 Å². The Labute approximate surface area is 125 Å². The van der Waals surface area contributed by atoms with Crippen LogP contribution in [0.1, 0.15) is 18.9 Å². The Morgan fingerprint density at radius 1 is 1.10 bits per heavy atom. The van der Waals surface area contributed by atoms with E-state index in [-0.39, 0.29) is 18.2 Å². The molecule has 2 amide bonds. The minimum absolute atomic E-state index is 0.0833. The lowest BCUT2D eigenvalue weighted by molar-refractivity contribution is -0.136. The minimum Gasteiger partial charge on any atom is -0.340 e. The van der Waals surface area contributed by atoms with E-state index in [1.807, 2.05) is 31.2 Å². The number of hydrogen-bond donors (Lipinski definition) is 1. The Bertz CT molecular complexity index is 491. The number of nitrogens with one attached hydrogen (secondary N) is 1. The number of piperazine rings is 1. The first-order chi connectivity index (χ1) is 10.1. The molecule has 1 aromatic carbocycles. The van der Waals surface area contributed by atoms with Crippen molar-refractivity contribution < 1.29 is 9.59 Å². The van der Waals surface area contributed by atoms with E-state index in [2.05, 4.69) is 17.1 Å². The van der Waals surface area contributed by atoms with Gasteiger partial charge < -0.3 is 15.1 Å². The number of likely N-dealkylation sites (N-methyl/N-ethyl adjacent to an activating group) is 1. The van der Waals surface area contributed by atoms with E-state index in [4.69, 9.17) is 0 Å². The quantitative estimate of drug-likeness (QED) is 0.854. The second-order valence-corrected chi connectivity index (χ2v) is 5.41. The van der Waals surface area contributed by atoms with Gasteiger partial charge in [-0.1, -0.05) is 24.6 Å². The molecule has 0 aliphatic carbocycles. The highest BCUT2D eigenvalue weighted by molar-refractivity contribution is 6.03. The van der Waals surface area contributed by atoms with E-state index < -0.39 is 0 Å². The van der Waals surface area contributed by atoms with Gasteiger partial charge in [-0.15, -0.1) is 0 Å². The zero-order chi connectivity index (χ0) is 15.2. The SMILES string of the molecule is CCN1CCN(C(=O)CC(=O)Nc2ccc(C)cc2)CC1. The van der Waals surface area contributed by atoms with Gasteiger partial charge in [-0.3, -0.25) is 9.59 Å². The van der Waals surface area contributed by atoms with Gasteiger partial charge in [-0.2, -0.15) is 0 Å². The van der Waals surface area contributed by atoms with Crippen LogP contribution >= 0.6 is 0 Å². The van der Waals surface area contributed by atoms with Crippen LogP contribution < -0.4 is 5.32 Å². The van der Waals surface area contributed by atoms with E-state index in [1.165, 1.54) is 0 Å². The van der Waals surface area contributed by atoms with Crippen molar-refractivity contribution in [2.75, 3.05) is 38.0 Å². The smallest absolute Gasteiger partial charge is 0.233 e. The van der Waals surface area contributed by atoms with Gasteiger partial charge in [-0.25, -0.2) is 0 Å². The van der Waals surface area contributed by atoms with Crippen molar-refractivity contribution in [2.45, 2.75) is 20.3 Å². The van der Waals surface area contributed by atoms with E-state index in [1.54, 1.807) is 4.90 Å². The number of hydrogen-bond acceptors (Lipinski definition) is 3. The van der Waals surface area contributed by atoms with Crippen LogP contribution in [0.25, 0.3) is 0 Å². The number of aryl methyl sites for hydroxylation is 1. The van der Waals surface area contributed by atoms with Crippen molar-refractivity contribution in [3.8, 4) is 0 Å². The van der Waals surface area contributed by atoms with Gasteiger partial charge >= 0.3 is 0 Å². The highest BCUT2D eigenvalue weighted by atomic mass is 16.2. The molecule has 114 valence electrons. The molecule has 5 heteroatoms. The monoisotopic (exact) mass is 289 g/mol. The number of anilines is 1. The van der Waals surface area contributed by atoms with Gasteiger partial charge in [0.25, 0.3) is 0 Å². The molecule has 1 saturated heterocycles. The van der Waals surface area contributed by atoms with Crippen molar-refractivity contribution in [1.29, 1.82) is 0 Å². The number of benzene rings is 1. The van der Waals surface area contributed by atoms with Gasteiger partial charge in [0, 0.05) is 31.9 Å². The summed E-state index contributed by atoms with van der Waals surface area (Å²) in [6, 6.07) is 7.55. The number of rotatable bonds is 4. The van der Waals surface area contributed by atoms with Crippen LogP contribution in [-0.4, -0.2) is 54.3 Å². The molecule has 0 atom stereocenters. The third-order valence-corrected chi connectivity index (χ3v) is 3.82. The van der Waals surface area contributed by atoms with Crippen molar-refractivity contribution in [3.05, 3.63) is 29.8 Å². The summed E-state index contributed by atoms with van der Waals surface area (Å²) in [4.78, 5) is 28.1. The zero-order valence-corrected chi connectivity index (χ0v) is 12.8. The Hall–Kier alpha value is -1.88. The van der Waals surface area contributed by atoms with Gasteiger partial charge in [0.1, 0.15) is 6.42 Å². The predicted octanol–water partition coefficient (Wildman–Crippen LogP) is 1.49. The third-order valence-electron chi connectivity index (χ3n) is 3.82. The average Bonchev–Trinajstić information content (AvgIpc) is 2.49. The molecule has 1 aliphatic rings. The molecule has 0 radical (unpaired) electrons. The molecule has 1 aliphatic heterocycles. The first-order valence-corrected chi connectivity index (χ1v) is 7.45. The van der Waals surface area contributed by atoms with Crippen molar-refractivity contribution in [2.24, 2.45) is 0 Å². The highest BCUT2D eigenvalue weighted by Gasteiger charge is 2.21. The maximum atomic E-state index is 12.1. The van der Waals surface area contributed by atoms with Crippen molar-refractivity contribution in [1.82, 2.24) is 9.80 Å². The van der Waals surface area contributed by atoms with Gasteiger partial charge in [0.15, 0.2) is 0 Å². The van der Waals surface area contributed by atoms with Crippen LogP contribution in [0.15, 0.2) is 24.3 Å². The topological polar surface area (TPSA) is 52.7 Å².